The van der Waals surface area contributed by atoms with Gasteiger partial charge in [0, 0.05) is 0 Å². The molecule has 0 aliphatic carbocycles. The van der Waals surface area contributed by atoms with Gasteiger partial charge in [0.2, 0.25) is 0 Å². The lowest BCUT2D eigenvalue weighted by Crippen LogP contribution is -2.19. The monoisotopic (exact) mass is 209 g/mol. The highest BCUT2D eigenvalue weighted by molar-refractivity contribution is 7.08. The Morgan fingerprint density at radius 3 is 2.64 bits per heavy atom. The summed E-state index contributed by atoms with van der Waals surface area (Å²) in [7, 11) is 0. The van der Waals surface area contributed by atoms with Crippen LogP contribution in [-0.4, -0.2) is 6.54 Å². The Morgan fingerprint density at radius 1 is 1.50 bits per heavy atom. The van der Waals surface area contributed by atoms with Gasteiger partial charge < -0.3 is 5.32 Å². The molecular formula is C12H19NS. The molecule has 0 aliphatic rings. The summed E-state index contributed by atoms with van der Waals surface area (Å²) in [6.45, 7) is 9.62. The van der Waals surface area contributed by atoms with E-state index in [4.69, 9.17) is 0 Å². The van der Waals surface area contributed by atoms with E-state index in [2.05, 4.69) is 49.8 Å². The summed E-state index contributed by atoms with van der Waals surface area (Å²) in [5.74, 6) is 0. The zero-order chi connectivity index (χ0) is 10.6. The smallest absolute Gasteiger partial charge is 0.0519 e. The maximum Gasteiger partial charge on any atom is 0.0519 e. The molecule has 1 unspecified atom stereocenters. The largest absolute Gasteiger partial charge is 0.307 e. The number of allylic oxidation sites excluding steroid dienone is 1. The first kappa shape index (κ1) is 11.5. The SMILES string of the molecule is CCNC(C=C(C)C)c1cscc1C. The fraction of sp³-hybridized carbons (Fsp3) is 0.500. The van der Waals surface area contributed by atoms with Gasteiger partial charge in [-0.15, -0.1) is 0 Å². The Labute approximate surface area is 90.9 Å². The van der Waals surface area contributed by atoms with Crippen LogP contribution >= 0.6 is 11.3 Å². The van der Waals surface area contributed by atoms with Crippen molar-refractivity contribution in [1.29, 1.82) is 0 Å². The molecule has 0 bridgehead atoms. The first-order valence-electron chi connectivity index (χ1n) is 5.06. The molecule has 0 saturated heterocycles. The molecule has 0 fully saturated rings. The van der Waals surface area contributed by atoms with E-state index in [1.165, 1.54) is 16.7 Å². The highest BCUT2D eigenvalue weighted by Gasteiger charge is 2.09. The molecular weight excluding hydrogens is 190 g/mol. The lowest BCUT2D eigenvalue weighted by atomic mass is 10.0. The lowest BCUT2D eigenvalue weighted by molar-refractivity contribution is 0.644. The minimum Gasteiger partial charge on any atom is -0.307 e. The molecule has 0 amide bonds. The van der Waals surface area contributed by atoms with Crippen LogP contribution in [-0.2, 0) is 0 Å². The number of aryl methyl sites for hydroxylation is 1. The molecule has 1 atom stereocenters. The Hall–Kier alpha value is -0.600. The van der Waals surface area contributed by atoms with Gasteiger partial charge in [-0.2, -0.15) is 11.3 Å². The summed E-state index contributed by atoms with van der Waals surface area (Å²) in [6, 6.07) is 0.385. The van der Waals surface area contributed by atoms with E-state index in [0.717, 1.165) is 6.54 Å². The second-order valence-electron chi connectivity index (χ2n) is 3.79. The second kappa shape index (κ2) is 5.32. The van der Waals surface area contributed by atoms with Gasteiger partial charge in [0.25, 0.3) is 0 Å². The molecule has 1 nitrogen and oxygen atoms in total. The summed E-state index contributed by atoms with van der Waals surface area (Å²) in [5.41, 5.74) is 4.16. The van der Waals surface area contributed by atoms with Crippen molar-refractivity contribution >= 4 is 11.3 Å². The number of hydrogen-bond acceptors (Lipinski definition) is 2. The third-order valence-corrected chi connectivity index (χ3v) is 3.03. The number of likely N-dealkylation sites (N-methyl/N-ethyl adjacent to an activating group) is 1. The zero-order valence-electron chi connectivity index (χ0n) is 9.42. The highest BCUT2D eigenvalue weighted by atomic mass is 32.1. The van der Waals surface area contributed by atoms with Crippen LogP contribution in [0.3, 0.4) is 0 Å². The standard InChI is InChI=1S/C12H19NS/c1-5-13-12(6-9(2)3)11-8-14-7-10(11)4/h6-8,12-13H,5H2,1-4H3. The summed E-state index contributed by atoms with van der Waals surface area (Å²) in [5, 5.41) is 7.93. The summed E-state index contributed by atoms with van der Waals surface area (Å²) < 4.78 is 0. The predicted octanol–water partition coefficient (Wildman–Crippen LogP) is 3.67. The van der Waals surface area contributed by atoms with Crippen LogP contribution < -0.4 is 5.32 Å². The molecule has 1 heterocycles. The molecule has 0 aliphatic heterocycles. The maximum atomic E-state index is 3.49. The first-order chi connectivity index (χ1) is 6.65. The number of nitrogens with one attached hydrogen (secondary N) is 1. The van der Waals surface area contributed by atoms with Gasteiger partial charge >= 0.3 is 0 Å². The second-order valence-corrected chi connectivity index (χ2v) is 4.53. The lowest BCUT2D eigenvalue weighted by Gasteiger charge is -2.14. The average molecular weight is 209 g/mol. The van der Waals surface area contributed by atoms with Crippen molar-refractivity contribution < 1.29 is 0 Å². The van der Waals surface area contributed by atoms with Crippen LogP contribution in [0.25, 0.3) is 0 Å². The first-order valence-corrected chi connectivity index (χ1v) is 6.00. The molecule has 1 rings (SSSR count). The fourth-order valence-corrected chi connectivity index (χ4v) is 2.39. The summed E-state index contributed by atoms with van der Waals surface area (Å²) in [4.78, 5) is 0. The van der Waals surface area contributed by atoms with Crippen LogP contribution in [0.1, 0.15) is 37.9 Å². The van der Waals surface area contributed by atoms with Crippen molar-refractivity contribution in [3.8, 4) is 0 Å². The van der Waals surface area contributed by atoms with E-state index in [9.17, 15) is 0 Å². The molecule has 14 heavy (non-hydrogen) atoms. The molecule has 1 N–H and O–H groups in total. The number of hydrogen-bond donors (Lipinski definition) is 1. The van der Waals surface area contributed by atoms with Crippen molar-refractivity contribution in [2.24, 2.45) is 0 Å². The van der Waals surface area contributed by atoms with Crippen molar-refractivity contribution in [1.82, 2.24) is 5.32 Å². The minimum atomic E-state index is 0.385. The molecule has 0 spiro atoms. The Bertz CT molecular complexity index is 308. The van der Waals surface area contributed by atoms with Crippen LogP contribution in [0.15, 0.2) is 22.4 Å². The Morgan fingerprint density at radius 2 is 2.21 bits per heavy atom. The average Bonchev–Trinajstić information content (AvgIpc) is 2.50. The predicted molar refractivity (Wildman–Crippen MR) is 64.9 cm³/mol. The van der Waals surface area contributed by atoms with Crippen molar-refractivity contribution in [3.05, 3.63) is 33.5 Å². The van der Waals surface area contributed by atoms with Gasteiger partial charge in [-0.05, 0) is 49.2 Å². The van der Waals surface area contributed by atoms with Crippen LogP contribution in [0.5, 0.6) is 0 Å². The summed E-state index contributed by atoms with van der Waals surface area (Å²) >= 11 is 1.78. The molecule has 0 saturated carbocycles. The van der Waals surface area contributed by atoms with Gasteiger partial charge in [-0.3, -0.25) is 0 Å². The van der Waals surface area contributed by atoms with Gasteiger partial charge in [0.05, 0.1) is 6.04 Å². The van der Waals surface area contributed by atoms with Gasteiger partial charge in [0.15, 0.2) is 0 Å². The van der Waals surface area contributed by atoms with Crippen LogP contribution in [0.2, 0.25) is 0 Å². The molecule has 2 heteroatoms. The van der Waals surface area contributed by atoms with Crippen molar-refractivity contribution in [3.63, 3.8) is 0 Å². The van der Waals surface area contributed by atoms with Gasteiger partial charge in [0.1, 0.15) is 0 Å². The zero-order valence-corrected chi connectivity index (χ0v) is 10.2. The highest BCUT2D eigenvalue weighted by Crippen LogP contribution is 2.23. The van der Waals surface area contributed by atoms with E-state index in [1.807, 2.05) is 0 Å². The fourth-order valence-electron chi connectivity index (χ4n) is 1.50. The number of thiophene rings is 1. The third kappa shape index (κ3) is 2.96. The van der Waals surface area contributed by atoms with Crippen LogP contribution in [0.4, 0.5) is 0 Å². The topological polar surface area (TPSA) is 12.0 Å². The maximum absolute atomic E-state index is 3.49. The van der Waals surface area contributed by atoms with Crippen molar-refractivity contribution in [2.45, 2.75) is 33.7 Å². The molecule has 1 aromatic rings. The van der Waals surface area contributed by atoms with E-state index < -0.39 is 0 Å². The quantitative estimate of drug-likeness (QED) is 0.746. The summed E-state index contributed by atoms with van der Waals surface area (Å²) in [6.07, 6.45) is 2.29. The molecule has 78 valence electrons. The van der Waals surface area contributed by atoms with E-state index in [-0.39, 0.29) is 0 Å². The third-order valence-electron chi connectivity index (χ3n) is 2.15. The van der Waals surface area contributed by atoms with Crippen molar-refractivity contribution in [2.75, 3.05) is 6.54 Å². The molecule has 0 radical (unpaired) electrons. The van der Waals surface area contributed by atoms with E-state index in [1.54, 1.807) is 11.3 Å². The van der Waals surface area contributed by atoms with E-state index in [0.29, 0.717) is 6.04 Å². The van der Waals surface area contributed by atoms with Crippen LogP contribution in [0, 0.1) is 6.92 Å². The molecule has 0 aromatic carbocycles. The normalized spacial score (nSPS) is 12.6. The number of rotatable bonds is 4. The Kier molecular flexibility index (Phi) is 4.36. The molecule has 1 aromatic heterocycles. The van der Waals surface area contributed by atoms with Gasteiger partial charge in [-0.25, -0.2) is 0 Å². The van der Waals surface area contributed by atoms with E-state index >= 15 is 0 Å². The van der Waals surface area contributed by atoms with Gasteiger partial charge in [-0.1, -0.05) is 18.6 Å². The Balaban J connectivity index is 2.88. The minimum absolute atomic E-state index is 0.385.